The molecule has 156 valence electrons. The zero-order chi connectivity index (χ0) is 21.5. The van der Waals surface area contributed by atoms with Gasteiger partial charge in [-0.1, -0.05) is 17.3 Å². The molecule has 0 spiro atoms. The van der Waals surface area contributed by atoms with Crippen LogP contribution in [0.3, 0.4) is 0 Å². The molecule has 0 radical (unpaired) electrons. The number of para-hydroxylation sites is 1. The van der Waals surface area contributed by atoms with Gasteiger partial charge < -0.3 is 9.64 Å². The molecule has 31 heavy (non-hydrogen) atoms. The molecule has 7 heteroatoms. The van der Waals surface area contributed by atoms with Crippen molar-refractivity contribution in [1.82, 2.24) is 15.0 Å². The normalized spacial score (nSPS) is 17.7. The number of carbonyl (C=O) groups is 1. The van der Waals surface area contributed by atoms with Crippen LogP contribution in [0.25, 0.3) is 11.3 Å². The highest BCUT2D eigenvalue weighted by Crippen LogP contribution is 2.46. The van der Waals surface area contributed by atoms with E-state index in [0.29, 0.717) is 22.8 Å². The lowest BCUT2D eigenvalue weighted by molar-refractivity contribution is -0.120. The number of hydrogen-bond donors (Lipinski definition) is 0. The first-order valence-electron chi connectivity index (χ1n) is 10.6. The zero-order valence-electron chi connectivity index (χ0n) is 17.6. The minimum Gasteiger partial charge on any atom is -0.455 e. The van der Waals surface area contributed by atoms with E-state index in [4.69, 9.17) is 4.74 Å². The number of aryl methyl sites for hydroxylation is 1. The number of fused-ring (bicyclic) bond motifs is 1. The largest absolute Gasteiger partial charge is 0.455 e. The van der Waals surface area contributed by atoms with Crippen LogP contribution in [-0.2, 0) is 18.3 Å². The number of carbonyl (C=O) groups excluding carboxylic acids is 1. The molecule has 1 fully saturated rings. The van der Waals surface area contributed by atoms with E-state index >= 15 is 0 Å². The minimum absolute atomic E-state index is 0.136. The van der Waals surface area contributed by atoms with Crippen LogP contribution in [0.15, 0.2) is 42.6 Å². The Bertz CT molecular complexity index is 1200. The van der Waals surface area contributed by atoms with Crippen molar-refractivity contribution in [3.63, 3.8) is 0 Å². The van der Waals surface area contributed by atoms with Gasteiger partial charge in [-0.3, -0.25) is 9.48 Å². The van der Waals surface area contributed by atoms with E-state index in [0.717, 1.165) is 42.5 Å². The zero-order valence-corrected chi connectivity index (χ0v) is 17.6. The fraction of sp³-hybridized carbons (Fsp3) is 0.333. The summed E-state index contributed by atoms with van der Waals surface area (Å²) in [6.45, 7) is 2.10. The van der Waals surface area contributed by atoms with Crippen molar-refractivity contribution < 1.29 is 9.53 Å². The summed E-state index contributed by atoms with van der Waals surface area (Å²) in [5.74, 6) is 1.46. The topological polar surface area (TPSA) is 84.0 Å². The van der Waals surface area contributed by atoms with E-state index < -0.39 is 0 Å². The number of aromatic nitrogens is 3. The summed E-state index contributed by atoms with van der Waals surface area (Å²) in [6, 6.07) is 13.5. The average molecular weight is 413 g/mol. The number of benzene rings is 2. The van der Waals surface area contributed by atoms with Crippen LogP contribution >= 0.6 is 0 Å². The lowest BCUT2D eigenvalue weighted by atomic mass is 9.92. The Kier molecular flexibility index (Phi) is 4.70. The second-order valence-corrected chi connectivity index (χ2v) is 8.30. The monoisotopic (exact) mass is 413 g/mol. The first kappa shape index (κ1) is 19.3. The highest BCUT2D eigenvalue weighted by molar-refractivity contribution is 5.99. The molecule has 1 atom stereocenters. The van der Waals surface area contributed by atoms with Gasteiger partial charge in [0.15, 0.2) is 0 Å². The van der Waals surface area contributed by atoms with Crippen molar-refractivity contribution in [1.29, 1.82) is 5.26 Å². The molecule has 7 nitrogen and oxygen atoms in total. The third kappa shape index (κ3) is 3.44. The van der Waals surface area contributed by atoms with Gasteiger partial charge in [-0.25, -0.2) is 0 Å². The van der Waals surface area contributed by atoms with Crippen LogP contribution in [-0.4, -0.2) is 26.9 Å². The first-order valence-corrected chi connectivity index (χ1v) is 10.6. The van der Waals surface area contributed by atoms with Gasteiger partial charge in [0.05, 0.1) is 17.4 Å². The standard InChI is InChI=1S/C24H23N5O2/c1-15-7-10-19-21(29(15)24(30)16-8-9-16)12-11-18(20-14-28(2)27-26-20)23(19)31-22-6-4-3-5-17(22)13-25/h3-6,11-12,14-16H,7-10H2,1-2H3. The molecule has 1 aromatic heterocycles. The number of ether oxygens (including phenoxy) is 1. The Labute approximate surface area is 180 Å². The van der Waals surface area contributed by atoms with Crippen LogP contribution in [0.1, 0.15) is 37.3 Å². The molecular weight excluding hydrogens is 390 g/mol. The highest BCUT2D eigenvalue weighted by Gasteiger charge is 2.39. The summed E-state index contributed by atoms with van der Waals surface area (Å²) in [5.41, 5.74) is 3.82. The quantitative estimate of drug-likeness (QED) is 0.639. The maximum atomic E-state index is 13.1. The van der Waals surface area contributed by atoms with Gasteiger partial charge in [-0.2, -0.15) is 5.26 Å². The molecule has 1 saturated carbocycles. The molecule has 0 bridgehead atoms. The van der Waals surface area contributed by atoms with E-state index in [2.05, 4.69) is 23.3 Å². The molecule has 0 N–H and O–H groups in total. The van der Waals surface area contributed by atoms with Crippen LogP contribution in [0.5, 0.6) is 11.5 Å². The van der Waals surface area contributed by atoms with Crippen LogP contribution in [0.2, 0.25) is 0 Å². The Hall–Kier alpha value is -3.66. The smallest absolute Gasteiger partial charge is 0.230 e. The van der Waals surface area contributed by atoms with Gasteiger partial charge in [0.25, 0.3) is 0 Å². The van der Waals surface area contributed by atoms with E-state index in [1.54, 1.807) is 16.8 Å². The summed E-state index contributed by atoms with van der Waals surface area (Å²) < 4.78 is 8.04. The molecule has 3 aromatic rings. The number of anilines is 1. The summed E-state index contributed by atoms with van der Waals surface area (Å²) in [4.78, 5) is 15.0. The van der Waals surface area contributed by atoms with Gasteiger partial charge >= 0.3 is 0 Å². The summed E-state index contributed by atoms with van der Waals surface area (Å²) in [5, 5.41) is 17.9. The molecule has 1 aliphatic heterocycles. The third-order valence-electron chi connectivity index (χ3n) is 6.01. The van der Waals surface area contributed by atoms with E-state index in [9.17, 15) is 10.1 Å². The number of nitriles is 1. The van der Waals surface area contributed by atoms with Crippen LogP contribution < -0.4 is 9.64 Å². The summed E-state index contributed by atoms with van der Waals surface area (Å²) >= 11 is 0. The maximum Gasteiger partial charge on any atom is 0.230 e. The Morgan fingerprint density at radius 2 is 2.00 bits per heavy atom. The predicted molar refractivity (Wildman–Crippen MR) is 116 cm³/mol. The van der Waals surface area contributed by atoms with Crippen molar-refractivity contribution in [2.24, 2.45) is 13.0 Å². The van der Waals surface area contributed by atoms with Crippen LogP contribution in [0, 0.1) is 17.2 Å². The Morgan fingerprint density at radius 3 is 2.71 bits per heavy atom. The molecule has 0 saturated heterocycles. The van der Waals surface area contributed by atoms with Gasteiger partial charge in [-0.15, -0.1) is 5.10 Å². The van der Waals surface area contributed by atoms with Crippen molar-refractivity contribution in [3.05, 3.63) is 53.7 Å². The van der Waals surface area contributed by atoms with Gasteiger partial charge in [0, 0.05) is 30.1 Å². The van der Waals surface area contributed by atoms with Crippen molar-refractivity contribution in [2.45, 2.75) is 38.6 Å². The van der Waals surface area contributed by atoms with E-state index in [-0.39, 0.29) is 17.9 Å². The lowest BCUT2D eigenvalue weighted by Crippen LogP contribution is -2.43. The number of hydrogen-bond acceptors (Lipinski definition) is 5. The highest BCUT2D eigenvalue weighted by atomic mass is 16.5. The van der Waals surface area contributed by atoms with Gasteiger partial charge in [-0.05, 0) is 56.9 Å². The molecule has 2 heterocycles. The first-order chi connectivity index (χ1) is 15.1. The Balaban J connectivity index is 1.68. The van der Waals surface area contributed by atoms with E-state index in [1.807, 2.05) is 42.4 Å². The Morgan fingerprint density at radius 1 is 1.19 bits per heavy atom. The molecule has 2 aliphatic rings. The van der Waals surface area contributed by atoms with Gasteiger partial charge in [0.2, 0.25) is 5.91 Å². The average Bonchev–Trinajstić information content (AvgIpc) is 3.54. The summed E-state index contributed by atoms with van der Waals surface area (Å²) in [7, 11) is 1.82. The van der Waals surface area contributed by atoms with Crippen molar-refractivity contribution in [3.8, 4) is 28.8 Å². The number of amides is 1. The SMILES string of the molecule is CC1CCc2c(ccc(-c3cn(C)nn3)c2Oc2ccccc2C#N)N1C(=O)C1CC1. The molecule has 5 rings (SSSR count). The van der Waals surface area contributed by atoms with E-state index in [1.165, 1.54) is 0 Å². The minimum atomic E-state index is 0.136. The second kappa shape index (κ2) is 7.55. The fourth-order valence-corrected chi connectivity index (χ4v) is 4.21. The predicted octanol–water partition coefficient (Wildman–Crippen LogP) is 4.22. The maximum absolute atomic E-state index is 13.1. The molecular formula is C24H23N5O2. The molecule has 1 amide bonds. The number of nitrogens with zero attached hydrogens (tertiary/aromatic N) is 5. The third-order valence-corrected chi connectivity index (χ3v) is 6.01. The summed E-state index contributed by atoms with van der Waals surface area (Å²) in [6.07, 6.45) is 5.40. The van der Waals surface area contributed by atoms with Crippen molar-refractivity contribution >= 4 is 11.6 Å². The molecule has 1 aliphatic carbocycles. The molecule has 1 unspecified atom stereocenters. The second-order valence-electron chi connectivity index (χ2n) is 8.30. The lowest BCUT2D eigenvalue weighted by Gasteiger charge is -2.36. The number of rotatable bonds is 4. The van der Waals surface area contributed by atoms with Crippen LogP contribution in [0.4, 0.5) is 5.69 Å². The van der Waals surface area contributed by atoms with Gasteiger partial charge in [0.1, 0.15) is 23.3 Å². The molecule has 2 aromatic carbocycles. The van der Waals surface area contributed by atoms with Crippen molar-refractivity contribution in [2.75, 3.05) is 4.90 Å². The fourth-order valence-electron chi connectivity index (χ4n) is 4.21.